The maximum atomic E-state index is 13.0. The van der Waals surface area contributed by atoms with Gasteiger partial charge in [-0.05, 0) is 57.1 Å². The SMILES string of the molecule is CC(C)(O)C(O)C(=O)CC1=C2CC[C@H]3Cc4c([nH]c5ccccc45)[C@]3(C)[C@@]2(C)CCC1=O. The number of hydrogen-bond donors (Lipinski definition) is 3. The van der Waals surface area contributed by atoms with E-state index in [4.69, 9.17) is 0 Å². The van der Waals surface area contributed by atoms with Crippen molar-refractivity contribution in [3.63, 3.8) is 0 Å². The van der Waals surface area contributed by atoms with E-state index in [2.05, 4.69) is 43.1 Å². The van der Waals surface area contributed by atoms with Crippen LogP contribution in [0, 0.1) is 11.3 Å². The van der Waals surface area contributed by atoms with Crippen LogP contribution in [0.25, 0.3) is 10.9 Å². The number of benzene rings is 1. The highest BCUT2D eigenvalue weighted by molar-refractivity contribution is 6.03. The molecule has 1 fully saturated rings. The molecule has 1 aromatic carbocycles. The van der Waals surface area contributed by atoms with Crippen LogP contribution in [0.15, 0.2) is 35.4 Å². The van der Waals surface area contributed by atoms with Crippen molar-refractivity contribution >= 4 is 22.5 Å². The van der Waals surface area contributed by atoms with Gasteiger partial charge in [-0.1, -0.05) is 37.6 Å². The molecule has 0 amide bonds. The quantitative estimate of drug-likeness (QED) is 0.673. The second-order valence-electron chi connectivity index (χ2n) is 11.1. The molecule has 0 radical (unpaired) electrons. The number of carbonyl (C=O) groups is 2. The third-order valence-corrected chi connectivity index (χ3v) is 9.03. The van der Waals surface area contributed by atoms with E-state index in [0.29, 0.717) is 17.9 Å². The third-order valence-electron chi connectivity index (χ3n) is 9.03. The van der Waals surface area contributed by atoms with Crippen molar-refractivity contribution in [2.75, 3.05) is 0 Å². The highest BCUT2D eigenvalue weighted by atomic mass is 16.3. The van der Waals surface area contributed by atoms with E-state index in [1.165, 1.54) is 30.5 Å². The number of aliphatic hydroxyl groups is 2. The summed E-state index contributed by atoms with van der Waals surface area (Å²) in [7, 11) is 0. The van der Waals surface area contributed by atoms with Crippen LogP contribution in [0.5, 0.6) is 0 Å². The van der Waals surface area contributed by atoms with Crippen molar-refractivity contribution in [1.82, 2.24) is 4.98 Å². The minimum Gasteiger partial charge on any atom is -0.387 e. The summed E-state index contributed by atoms with van der Waals surface area (Å²) in [5, 5.41) is 21.7. The van der Waals surface area contributed by atoms with Gasteiger partial charge in [0.2, 0.25) is 0 Å². The lowest BCUT2D eigenvalue weighted by atomic mass is 9.48. The highest BCUT2D eigenvalue weighted by Crippen LogP contribution is 2.66. The number of ketones is 2. The van der Waals surface area contributed by atoms with Crippen LogP contribution in [0.2, 0.25) is 0 Å². The van der Waals surface area contributed by atoms with Crippen molar-refractivity contribution in [3.05, 3.63) is 46.7 Å². The summed E-state index contributed by atoms with van der Waals surface area (Å²) in [4.78, 5) is 29.6. The van der Waals surface area contributed by atoms with Crippen LogP contribution in [0.1, 0.15) is 71.1 Å². The Morgan fingerprint density at radius 2 is 1.97 bits per heavy atom. The summed E-state index contributed by atoms with van der Waals surface area (Å²) in [6, 6.07) is 8.46. The van der Waals surface area contributed by atoms with Crippen LogP contribution in [-0.2, 0) is 21.4 Å². The second-order valence-corrected chi connectivity index (χ2v) is 11.1. The number of aliphatic hydroxyl groups excluding tert-OH is 1. The number of carbonyl (C=O) groups excluding carboxylic acids is 2. The first-order chi connectivity index (χ1) is 15.0. The molecule has 4 atom stereocenters. The summed E-state index contributed by atoms with van der Waals surface area (Å²) in [5.41, 5.74) is 3.63. The number of rotatable bonds is 4. The fourth-order valence-corrected chi connectivity index (χ4v) is 6.98. The molecule has 1 saturated carbocycles. The van der Waals surface area contributed by atoms with Gasteiger partial charge >= 0.3 is 0 Å². The highest BCUT2D eigenvalue weighted by Gasteiger charge is 2.61. The van der Waals surface area contributed by atoms with Crippen LogP contribution in [0.4, 0.5) is 0 Å². The van der Waals surface area contributed by atoms with E-state index in [1.807, 2.05) is 0 Å². The topological polar surface area (TPSA) is 90.4 Å². The number of aromatic nitrogens is 1. The van der Waals surface area contributed by atoms with Crippen molar-refractivity contribution in [1.29, 1.82) is 0 Å². The Morgan fingerprint density at radius 3 is 2.69 bits per heavy atom. The largest absolute Gasteiger partial charge is 0.387 e. The van der Waals surface area contributed by atoms with Gasteiger partial charge in [-0.15, -0.1) is 0 Å². The summed E-state index contributed by atoms with van der Waals surface area (Å²) in [6.07, 6.45) is 2.42. The molecule has 1 heterocycles. The first-order valence-corrected chi connectivity index (χ1v) is 11.8. The Balaban J connectivity index is 1.62. The lowest BCUT2D eigenvalue weighted by molar-refractivity contribution is -0.139. The molecule has 0 saturated heterocycles. The fourth-order valence-electron chi connectivity index (χ4n) is 6.98. The summed E-state index contributed by atoms with van der Waals surface area (Å²) in [5.74, 6) is 0.0301. The van der Waals surface area contributed by atoms with E-state index in [9.17, 15) is 19.8 Å². The normalized spacial score (nSPS) is 30.8. The first-order valence-electron chi connectivity index (χ1n) is 11.8. The van der Waals surface area contributed by atoms with E-state index in [1.54, 1.807) is 0 Å². The number of para-hydroxylation sites is 1. The number of fused-ring (bicyclic) bond motifs is 7. The smallest absolute Gasteiger partial charge is 0.168 e. The van der Waals surface area contributed by atoms with Crippen molar-refractivity contribution < 1.29 is 19.8 Å². The molecule has 32 heavy (non-hydrogen) atoms. The van der Waals surface area contributed by atoms with Gasteiger partial charge in [-0.3, -0.25) is 9.59 Å². The Hall–Kier alpha value is -2.24. The molecule has 0 aliphatic heterocycles. The van der Waals surface area contributed by atoms with Gasteiger partial charge in [0.15, 0.2) is 11.6 Å². The van der Waals surface area contributed by atoms with Crippen LogP contribution < -0.4 is 0 Å². The minimum atomic E-state index is -1.53. The lowest BCUT2D eigenvalue weighted by Gasteiger charge is -2.55. The van der Waals surface area contributed by atoms with E-state index in [0.717, 1.165) is 36.8 Å². The average Bonchev–Trinajstić information content (AvgIpc) is 3.24. The molecular weight excluding hydrogens is 402 g/mol. The maximum absolute atomic E-state index is 13.0. The van der Waals surface area contributed by atoms with Crippen molar-refractivity contribution in [2.24, 2.45) is 11.3 Å². The molecule has 1 aromatic heterocycles. The molecule has 0 spiro atoms. The molecular formula is C27H33NO4. The molecule has 5 rings (SSSR count). The standard InChI is InChI=1S/C27H33NO4/c1-25(2,32)24(31)22(30)14-18-19-10-9-15-13-17-16-7-5-6-8-20(16)28-23(17)27(15,4)26(19,3)12-11-21(18)29/h5-8,15,24,28,31-32H,9-14H2,1-4H3/t15-,24?,26-,27+/m0/s1. The monoisotopic (exact) mass is 435 g/mol. The fraction of sp³-hybridized carbons (Fsp3) is 0.556. The van der Waals surface area contributed by atoms with Gasteiger partial charge < -0.3 is 15.2 Å². The van der Waals surface area contributed by atoms with Gasteiger partial charge in [0.1, 0.15) is 6.10 Å². The molecule has 0 bridgehead atoms. The van der Waals surface area contributed by atoms with Gasteiger partial charge in [0.05, 0.1) is 5.60 Å². The Morgan fingerprint density at radius 1 is 1.25 bits per heavy atom. The molecule has 3 aliphatic carbocycles. The summed E-state index contributed by atoms with van der Waals surface area (Å²) in [6.45, 7) is 7.46. The number of hydrogen-bond acceptors (Lipinski definition) is 4. The van der Waals surface area contributed by atoms with Crippen LogP contribution in [0.3, 0.4) is 0 Å². The third kappa shape index (κ3) is 2.77. The molecule has 170 valence electrons. The number of nitrogens with one attached hydrogen (secondary N) is 1. The zero-order valence-corrected chi connectivity index (χ0v) is 19.4. The van der Waals surface area contributed by atoms with Crippen molar-refractivity contribution in [2.45, 2.75) is 83.3 Å². The molecule has 5 heteroatoms. The second kappa shape index (κ2) is 6.88. The van der Waals surface area contributed by atoms with E-state index < -0.39 is 17.5 Å². The molecule has 5 nitrogen and oxygen atoms in total. The van der Waals surface area contributed by atoms with E-state index in [-0.39, 0.29) is 23.0 Å². The predicted octanol–water partition coefficient (Wildman–Crippen LogP) is 4.15. The lowest BCUT2D eigenvalue weighted by Crippen LogP contribution is -2.52. The average molecular weight is 436 g/mol. The van der Waals surface area contributed by atoms with Gasteiger partial charge in [-0.25, -0.2) is 0 Å². The van der Waals surface area contributed by atoms with Crippen LogP contribution >= 0.6 is 0 Å². The summed E-state index contributed by atoms with van der Waals surface area (Å²) >= 11 is 0. The number of aromatic amines is 1. The maximum Gasteiger partial charge on any atom is 0.168 e. The number of allylic oxidation sites excluding steroid dienone is 2. The minimum absolute atomic E-state index is 0.0192. The van der Waals surface area contributed by atoms with Crippen molar-refractivity contribution in [3.8, 4) is 0 Å². The molecule has 1 unspecified atom stereocenters. The first kappa shape index (κ1) is 21.6. The molecule has 3 aliphatic rings. The van der Waals surface area contributed by atoms with Gasteiger partial charge in [0.25, 0.3) is 0 Å². The van der Waals surface area contributed by atoms with Gasteiger partial charge in [0, 0.05) is 45.8 Å². The summed E-state index contributed by atoms with van der Waals surface area (Å²) < 4.78 is 0. The number of Topliss-reactive ketones (excluding diaryl/α,β-unsaturated/α-hetero) is 2. The van der Waals surface area contributed by atoms with E-state index >= 15 is 0 Å². The Labute approximate surface area is 188 Å². The zero-order chi connectivity index (χ0) is 23.1. The molecule has 3 N–H and O–H groups in total. The Kier molecular flexibility index (Phi) is 4.64. The van der Waals surface area contributed by atoms with Crippen LogP contribution in [-0.4, -0.2) is 38.5 Å². The van der Waals surface area contributed by atoms with Gasteiger partial charge in [-0.2, -0.15) is 0 Å². The predicted molar refractivity (Wildman–Crippen MR) is 123 cm³/mol. The molecule has 2 aromatic rings. The number of H-pyrrole nitrogens is 1. The Bertz CT molecular complexity index is 1170. The zero-order valence-electron chi connectivity index (χ0n) is 19.4.